The first-order chi connectivity index (χ1) is 9.78. The molecule has 0 aliphatic carbocycles. The predicted octanol–water partition coefficient (Wildman–Crippen LogP) is 2.99. The molecule has 5 nitrogen and oxygen atoms in total. The van der Waals surface area contributed by atoms with E-state index in [1.165, 1.54) is 0 Å². The highest BCUT2D eigenvalue weighted by Gasteiger charge is 2.22. The van der Waals surface area contributed by atoms with Crippen LogP contribution in [0.4, 0.5) is 14.5 Å². The third-order valence-electron chi connectivity index (χ3n) is 2.84. The van der Waals surface area contributed by atoms with Gasteiger partial charge in [0.25, 0.3) is 0 Å². The molecule has 21 heavy (non-hydrogen) atoms. The van der Waals surface area contributed by atoms with Crippen LogP contribution in [0.2, 0.25) is 0 Å². The minimum Gasteiger partial charge on any atom is -0.477 e. The topological polar surface area (TPSA) is 83.5 Å². The second kappa shape index (κ2) is 7.35. The highest BCUT2D eigenvalue weighted by Crippen LogP contribution is 2.22. The molecule has 0 unspecified atom stereocenters. The summed E-state index contributed by atoms with van der Waals surface area (Å²) in [5.41, 5.74) is -1.74. The molecule has 0 fully saturated rings. The number of halogens is 2. The number of hydrogen-bond donors (Lipinski definition) is 2. The van der Waals surface area contributed by atoms with E-state index in [0.717, 1.165) is 25.3 Å². The van der Waals surface area contributed by atoms with Crippen LogP contribution < -0.4 is 4.72 Å². The van der Waals surface area contributed by atoms with Crippen LogP contribution in [0.25, 0.3) is 0 Å². The van der Waals surface area contributed by atoms with Gasteiger partial charge in [-0.1, -0.05) is 26.2 Å². The number of sulfonamides is 1. The highest BCUT2D eigenvalue weighted by molar-refractivity contribution is 7.92. The van der Waals surface area contributed by atoms with E-state index < -0.39 is 38.9 Å². The summed E-state index contributed by atoms with van der Waals surface area (Å²) in [7, 11) is -3.80. The number of carbonyl (C=O) groups is 1. The maximum Gasteiger partial charge on any atom is 0.341 e. The lowest BCUT2D eigenvalue weighted by Gasteiger charge is -2.10. The van der Waals surface area contributed by atoms with Crippen LogP contribution in [0.15, 0.2) is 12.1 Å². The van der Waals surface area contributed by atoms with Crippen molar-refractivity contribution in [3.63, 3.8) is 0 Å². The van der Waals surface area contributed by atoms with E-state index in [4.69, 9.17) is 5.11 Å². The number of anilines is 1. The maximum absolute atomic E-state index is 13.8. The van der Waals surface area contributed by atoms with Crippen molar-refractivity contribution < 1.29 is 27.1 Å². The summed E-state index contributed by atoms with van der Waals surface area (Å²) in [5.74, 6) is -4.69. The third-order valence-corrected chi connectivity index (χ3v) is 4.19. The molecule has 0 radical (unpaired) electrons. The molecule has 1 aromatic carbocycles. The molecule has 0 saturated carbocycles. The van der Waals surface area contributed by atoms with E-state index >= 15 is 0 Å². The van der Waals surface area contributed by atoms with E-state index in [0.29, 0.717) is 12.5 Å². The molecule has 0 aromatic heterocycles. The third kappa shape index (κ3) is 4.96. The van der Waals surface area contributed by atoms with E-state index in [2.05, 4.69) is 0 Å². The van der Waals surface area contributed by atoms with Gasteiger partial charge in [-0.25, -0.2) is 22.0 Å². The molecule has 0 amide bonds. The van der Waals surface area contributed by atoms with Crippen molar-refractivity contribution in [1.29, 1.82) is 0 Å². The highest BCUT2D eigenvalue weighted by atomic mass is 32.2. The quantitative estimate of drug-likeness (QED) is 0.721. The Morgan fingerprint density at radius 2 is 1.90 bits per heavy atom. The molecule has 1 rings (SSSR count). The molecule has 0 saturated heterocycles. The molecule has 1 aromatic rings. The smallest absolute Gasteiger partial charge is 0.341 e. The maximum atomic E-state index is 13.8. The SMILES string of the molecule is CCCCCCS(=O)(=O)Nc1ccc(F)c(C(=O)O)c1F. The minimum absolute atomic E-state index is 0.202. The van der Waals surface area contributed by atoms with Crippen LogP contribution in [0.1, 0.15) is 43.0 Å². The Morgan fingerprint density at radius 3 is 2.48 bits per heavy atom. The minimum atomic E-state index is -3.80. The van der Waals surface area contributed by atoms with Crippen molar-refractivity contribution in [1.82, 2.24) is 0 Å². The van der Waals surface area contributed by atoms with Gasteiger partial charge < -0.3 is 5.11 Å². The van der Waals surface area contributed by atoms with Gasteiger partial charge in [-0.2, -0.15) is 0 Å². The number of carboxylic acids is 1. The van der Waals surface area contributed by atoms with Crippen molar-refractivity contribution in [2.75, 3.05) is 10.5 Å². The average molecular weight is 321 g/mol. The van der Waals surface area contributed by atoms with Crippen LogP contribution in [0, 0.1) is 11.6 Å². The first kappa shape index (κ1) is 17.4. The lowest BCUT2D eigenvalue weighted by Crippen LogP contribution is -2.19. The van der Waals surface area contributed by atoms with Gasteiger partial charge >= 0.3 is 5.97 Å². The number of nitrogens with one attached hydrogen (secondary N) is 1. The van der Waals surface area contributed by atoms with Crippen LogP contribution >= 0.6 is 0 Å². The standard InChI is InChI=1S/C13H17F2NO4S/c1-2-3-4-5-8-21(19,20)16-10-7-6-9(14)11(12(10)15)13(17)18/h6-7,16H,2-5,8H2,1H3,(H,17,18). The fourth-order valence-corrected chi connectivity index (χ4v) is 2.94. The molecular formula is C13H17F2NO4S. The Hall–Kier alpha value is -1.70. The molecule has 0 atom stereocenters. The Labute approximate surface area is 122 Å². The number of unbranched alkanes of at least 4 members (excludes halogenated alkanes) is 3. The summed E-state index contributed by atoms with van der Waals surface area (Å²) >= 11 is 0. The van der Waals surface area contributed by atoms with Crippen molar-refractivity contribution in [3.05, 3.63) is 29.3 Å². The van der Waals surface area contributed by atoms with Crippen molar-refractivity contribution in [2.24, 2.45) is 0 Å². The summed E-state index contributed by atoms with van der Waals surface area (Å²) in [4.78, 5) is 10.7. The summed E-state index contributed by atoms with van der Waals surface area (Å²) in [6.45, 7) is 1.98. The van der Waals surface area contributed by atoms with Gasteiger partial charge in [0.05, 0.1) is 11.4 Å². The first-order valence-corrected chi connectivity index (χ1v) is 8.15. The van der Waals surface area contributed by atoms with Crippen LogP contribution in [0.3, 0.4) is 0 Å². The normalized spacial score (nSPS) is 11.4. The van der Waals surface area contributed by atoms with E-state index in [1.54, 1.807) is 0 Å². The van der Waals surface area contributed by atoms with E-state index in [9.17, 15) is 22.0 Å². The van der Waals surface area contributed by atoms with Gasteiger partial charge in [0, 0.05) is 0 Å². The number of benzene rings is 1. The Balaban J connectivity index is 2.88. The number of hydrogen-bond acceptors (Lipinski definition) is 3. The molecule has 0 aliphatic rings. The Kier molecular flexibility index (Phi) is 6.07. The average Bonchev–Trinajstić information content (AvgIpc) is 2.38. The summed E-state index contributed by atoms with van der Waals surface area (Å²) in [5, 5.41) is 8.71. The van der Waals surface area contributed by atoms with Gasteiger partial charge in [0.15, 0.2) is 5.82 Å². The fourth-order valence-electron chi connectivity index (χ4n) is 1.76. The van der Waals surface area contributed by atoms with Crippen LogP contribution in [-0.2, 0) is 10.0 Å². The zero-order valence-electron chi connectivity index (χ0n) is 11.5. The second-order valence-corrected chi connectivity index (χ2v) is 6.41. The lowest BCUT2D eigenvalue weighted by molar-refractivity contribution is 0.0686. The second-order valence-electron chi connectivity index (χ2n) is 4.57. The molecule has 0 aliphatic heterocycles. The molecule has 8 heteroatoms. The van der Waals surface area contributed by atoms with Gasteiger partial charge in [-0.05, 0) is 18.6 Å². The van der Waals surface area contributed by atoms with E-state index in [-0.39, 0.29) is 5.75 Å². The number of rotatable bonds is 8. The summed E-state index contributed by atoms with van der Waals surface area (Å²) in [6.07, 6.45) is 2.98. The van der Waals surface area contributed by atoms with Gasteiger partial charge in [-0.15, -0.1) is 0 Å². The monoisotopic (exact) mass is 321 g/mol. The molecule has 0 spiro atoms. The molecular weight excluding hydrogens is 304 g/mol. The van der Waals surface area contributed by atoms with E-state index in [1.807, 2.05) is 11.6 Å². The van der Waals surface area contributed by atoms with Crippen LogP contribution in [0.5, 0.6) is 0 Å². The molecule has 0 bridgehead atoms. The Morgan fingerprint density at radius 1 is 1.24 bits per heavy atom. The molecule has 0 heterocycles. The first-order valence-electron chi connectivity index (χ1n) is 6.50. The van der Waals surface area contributed by atoms with Gasteiger partial charge in [0.1, 0.15) is 11.4 Å². The Bertz CT molecular complexity index is 617. The lowest BCUT2D eigenvalue weighted by atomic mass is 10.2. The zero-order valence-corrected chi connectivity index (χ0v) is 12.3. The number of aromatic carboxylic acids is 1. The predicted molar refractivity (Wildman–Crippen MR) is 74.9 cm³/mol. The fraction of sp³-hybridized carbons (Fsp3) is 0.462. The van der Waals surface area contributed by atoms with Crippen LogP contribution in [-0.4, -0.2) is 25.2 Å². The van der Waals surface area contributed by atoms with Crippen molar-refractivity contribution >= 4 is 21.7 Å². The number of carboxylic acid groups (broad SMARTS) is 1. The molecule has 2 N–H and O–H groups in total. The molecule has 118 valence electrons. The van der Waals surface area contributed by atoms with Gasteiger partial charge in [-0.3, -0.25) is 4.72 Å². The largest absolute Gasteiger partial charge is 0.477 e. The van der Waals surface area contributed by atoms with Crippen molar-refractivity contribution in [2.45, 2.75) is 32.6 Å². The van der Waals surface area contributed by atoms with Crippen molar-refractivity contribution in [3.8, 4) is 0 Å². The summed E-state index contributed by atoms with van der Waals surface area (Å²) < 4.78 is 52.5. The zero-order chi connectivity index (χ0) is 16.0. The van der Waals surface area contributed by atoms with Gasteiger partial charge in [0.2, 0.25) is 10.0 Å². The summed E-state index contributed by atoms with van der Waals surface area (Å²) in [6, 6.07) is 1.57.